The maximum atomic E-state index is 12.7. The van der Waals surface area contributed by atoms with Crippen LogP contribution in [0, 0.1) is 6.92 Å². The molecule has 1 amide bonds. The lowest BCUT2D eigenvalue weighted by molar-refractivity contribution is -0.0926. The van der Waals surface area contributed by atoms with Crippen LogP contribution in [0.3, 0.4) is 0 Å². The summed E-state index contributed by atoms with van der Waals surface area (Å²) < 4.78 is 40.6. The van der Waals surface area contributed by atoms with E-state index in [0.717, 1.165) is 23.6 Å². The second-order valence-electron chi connectivity index (χ2n) is 5.82. The largest absolute Gasteiger partial charge is 0.430 e. The van der Waals surface area contributed by atoms with Crippen LogP contribution in [0.5, 0.6) is 0 Å². The predicted molar refractivity (Wildman–Crippen MR) is 111 cm³/mol. The number of nitrogens with zero attached hydrogens (tertiary/aromatic N) is 2. The molecule has 0 saturated carbocycles. The fourth-order valence-electron chi connectivity index (χ4n) is 2.24. The predicted octanol–water partition coefficient (Wildman–Crippen LogP) is 3.67. The number of benzene rings is 1. The van der Waals surface area contributed by atoms with Gasteiger partial charge in [-0.15, -0.1) is 11.3 Å². The number of anilines is 1. The van der Waals surface area contributed by atoms with Gasteiger partial charge >= 0.3 is 6.18 Å². The van der Waals surface area contributed by atoms with Crippen LogP contribution in [0.25, 0.3) is 0 Å². The molecule has 29 heavy (non-hydrogen) atoms. The van der Waals surface area contributed by atoms with Gasteiger partial charge in [0.1, 0.15) is 17.2 Å². The number of carbonyl (C=O) groups is 1. The zero-order valence-corrected chi connectivity index (χ0v) is 17.3. The van der Waals surface area contributed by atoms with E-state index in [4.69, 9.17) is 11.5 Å². The van der Waals surface area contributed by atoms with Gasteiger partial charge in [-0.2, -0.15) is 13.2 Å². The fraction of sp³-hybridized carbons (Fsp3) is 0.222. The van der Waals surface area contributed by atoms with Crippen molar-refractivity contribution in [3.63, 3.8) is 0 Å². The summed E-state index contributed by atoms with van der Waals surface area (Å²) in [5.41, 5.74) is 10.9. The molecule has 2 aromatic rings. The Morgan fingerprint density at radius 2 is 1.93 bits per heavy atom. The average molecular weight is 444 g/mol. The lowest BCUT2D eigenvalue weighted by Gasteiger charge is -2.22. The molecule has 1 aromatic heterocycles. The monoisotopic (exact) mass is 443 g/mol. The third-order valence-corrected chi connectivity index (χ3v) is 5.07. The highest BCUT2D eigenvalue weighted by Crippen LogP contribution is 2.29. The Morgan fingerprint density at radius 3 is 2.52 bits per heavy atom. The molecule has 0 aliphatic carbocycles. The Bertz CT molecular complexity index is 910. The zero-order chi connectivity index (χ0) is 21.6. The number of nitrogens with two attached hydrogens (primary N) is 2. The number of rotatable bonds is 7. The molecule has 0 aliphatic heterocycles. The first-order chi connectivity index (χ1) is 13.6. The zero-order valence-electron chi connectivity index (χ0n) is 15.7. The summed E-state index contributed by atoms with van der Waals surface area (Å²) in [6.45, 7) is 1.98. The summed E-state index contributed by atoms with van der Waals surface area (Å²) in [5.74, 6) is -0.354. The Hall–Kier alpha value is -2.66. The van der Waals surface area contributed by atoms with Gasteiger partial charge in [0.2, 0.25) is 0 Å². The number of carbonyl (C=O) groups excluding carboxylic acids is 1. The van der Waals surface area contributed by atoms with Crippen molar-refractivity contribution in [3.8, 4) is 0 Å². The van der Waals surface area contributed by atoms with Gasteiger partial charge in [0.05, 0.1) is 6.54 Å². The molecule has 1 aromatic carbocycles. The molecule has 1 heterocycles. The van der Waals surface area contributed by atoms with E-state index in [9.17, 15) is 18.0 Å². The molecule has 0 unspecified atom stereocenters. The molecule has 0 bridgehead atoms. The van der Waals surface area contributed by atoms with Crippen LogP contribution < -0.4 is 21.1 Å². The van der Waals surface area contributed by atoms with Crippen LogP contribution in [0.15, 0.2) is 54.0 Å². The van der Waals surface area contributed by atoms with Crippen molar-refractivity contribution in [1.82, 2.24) is 9.71 Å². The standard InChI is InChI=1S/C18H20F3N5OS2/c1-11-15(16(27)25-28-2)24-17(29-11)26(10-12-6-4-3-5-7-12)14(23)9-8-13(22)18(19,20)21/h3-9H,10,22-23H2,1-2H3,(H,25,27)/b13-8-,14-9+. The molecule has 5 N–H and O–H groups in total. The number of aromatic nitrogens is 1. The SMILES string of the molecule is CSNC(=O)c1nc(N(Cc2ccccc2)/C(N)=C/C=C(\N)C(F)(F)F)sc1C. The van der Waals surface area contributed by atoms with Crippen LogP contribution in [0.2, 0.25) is 0 Å². The average Bonchev–Trinajstić information content (AvgIpc) is 3.05. The minimum atomic E-state index is -4.65. The highest BCUT2D eigenvalue weighted by atomic mass is 32.2. The highest BCUT2D eigenvalue weighted by Gasteiger charge is 2.31. The third kappa shape index (κ3) is 6.16. The number of thiazole rings is 1. The van der Waals surface area contributed by atoms with Gasteiger partial charge < -0.3 is 11.5 Å². The molecule has 11 heteroatoms. The van der Waals surface area contributed by atoms with Crippen LogP contribution in [-0.2, 0) is 6.54 Å². The highest BCUT2D eigenvalue weighted by molar-refractivity contribution is 7.97. The Labute approximate surface area is 174 Å². The Balaban J connectivity index is 2.43. The second kappa shape index (κ2) is 9.70. The van der Waals surface area contributed by atoms with Gasteiger partial charge in [-0.05, 0) is 24.6 Å². The van der Waals surface area contributed by atoms with Gasteiger partial charge in [-0.1, -0.05) is 42.3 Å². The molecular weight excluding hydrogens is 423 g/mol. The first kappa shape index (κ1) is 22.6. The number of hydrogen-bond acceptors (Lipinski definition) is 7. The Morgan fingerprint density at radius 1 is 1.28 bits per heavy atom. The minimum Gasteiger partial charge on any atom is -0.395 e. The molecular formula is C18H20F3N5OS2. The molecule has 0 spiro atoms. The van der Waals surface area contributed by atoms with Gasteiger partial charge in [-0.3, -0.25) is 14.4 Å². The minimum absolute atomic E-state index is 0.00614. The molecule has 0 atom stereocenters. The van der Waals surface area contributed by atoms with E-state index in [-0.39, 0.29) is 24.0 Å². The maximum absolute atomic E-state index is 12.7. The maximum Gasteiger partial charge on any atom is 0.430 e. The summed E-state index contributed by atoms with van der Waals surface area (Å²) >= 11 is 2.35. The van der Waals surface area contributed by atoms with E-state index in [1.807, 2.05) is 30.3 Å². The van der Waals surface area contributed by atoms with Crippen molar-refractivity contribution in [2.75, 3.05) is 11.2 Å². The Kier molecular flexibility index (Phi) is 7.57. The molecule has 6 nitrogen and oxygen atoms in total. The van der Waals surface area contributed by atoms with Gasteiger partial charge in [0, 0.05) is 11.1 Å². The number of nitrogens with one attached hydrogen (secondary N) is 1. The fourth-order valence-corrected chi connectivity index (χ4v) is 3.45. The van der Waals surface area contributed by atoms with Gasteiger partial charge in [0.15, 0.2) is 5.13 Å². The summed E-state index contributed by atoms with van der Waals surface area (Å²) in [6.07, 6.45) is -1.17. The third-order valence-electron chi connectivity index (χ3n) is 3.68. The number of halogens is 3. The van der Waals surface area contributed by atoms with E-state index >= 15 is 0 Å². The molecule has 0 saturated heterocycles. The number of aryl methyl sites for hydroxylation is 1. The lowest BCUT2D eigenvalue weighted by Crippen LogP contribution is -2.27. The summed E-state index contributed by atoms with van der Waals surface area (Å²) in [4.78, 5) is 18.7. The molecule has 0 fully saturated rings. The van der Waals surface area contributed by atoms with Crippen molar-refractivity contribution < 1.29 is 18.0 Å². The van der Waals surface area contributed by atoms with Crippen molar-refractivity contribution in [1.29, 1.82) is 0 Å². The van der Waals surface area contributed by atoms with Crippen LogP contribution in [-0.4, -0.2) is 23.3 Å². The van der Waals surface area contributed by atoms with Crippen LogP contribution in [0.1, 0.15) is 20.9 Å². The first-order valence-corrected chi connectivity index (χ1v) is 10.3. The van der Waals surface area contributed by atoms with Crippen molar-refractivity contribution in [3.05, 3.63) is 70.1 Å². The summed E-state index contributed by atoms with van der Waals surface area (Å²) in [5, 5.41) is 0.380. The van der Waals surface area contributed by atoms with E-state index in [1.54, 1.807) is 13.2 Å². The second-order valence-corrected chi connectivity index (χ2v) is 7.61. The van der Waals surface area contributed by atoms with Crippen LogP contribution >= 0.6 is 23.3 Å². The molecule has 2 rings (SSSR count). The van der Waals surface area contributed by atoms with E-state index < -0.39 is 11.9 Å². The van der Waals surface area contributed by atoms with Gasteiger partial charge in [0.25, 0.3) is 5.91 Å². The number of hydrogen-bond donors (Lipinski definition) is 3. The summed E-state index contributed by atoms with van der Waals surface area (Å²) in [7, 11) is 0. The number of allylic oxidation sites excluding steroid dienone is 3. The number of alkyl halides is 3. The lowest BCUT2D eigenvalue weighted by atomic mass is 10.2. The van der Waals surface area contributed by atoms with Crippen molar-refractivity contribution in [2.45, 2.75) is 19.6 Å². The van der Waals surface area contributed by atoms with Gasteiger partial charge in [-0.25, -0.2) is 4.98 Å². The quantitative estimate of drug-likeness (QED) is 0.446. The molecule has 0 aliphatic rings. The molecule has 156 valence electrons. The van der Waals surface area contributed by atoms with E-state index in [1.165, 1.54) is 16.2 Å². The van der Waals surface area contributed by atoms with E-state index in [0.29, 0.717) is 16.1 Å². The first-order valence-electron chi connectivity index (χ1n) is 8.25. The smallest absolute Gasteiger partial charge is 0.395 e. The number of amides is 1. The normalized spacial score (nSPS) is 12.7. The van der Waals surface area contributed by atoms with E-state index in [2.05, 4.69) is 9.71 Å². The summed E-state index contributed by atoms with van der Waals surface area (Å²) in [6, 6.07) is 9.21. The molecule has 0 radical (unpaired) electrons. The van der Waals surface area contributed by atoms with Crippen molar-refractivity contribution in [2.24, 2.45) is 11.5 Å². The van der Waals surface area contributed by atoms with Crippen LogP contribution in [0.4, 0.5) is 18.3 Å². The van der Waals surface area contributed by atoms with Crippen molar-refractivity contribution >= 4 is 34.3 Å². The topological polar surface area (TPSA) is 97.3 Å².